The molecule has 2 rings (SSSR count). The molecule has 1 saturated heterocycles. The molecule has 1 aliphatic heterocycles. The predicted molar refractivity (Wildman–Crippen MR) is 79.0 cm³/mol. The average Bonchev–Trinajstić information content (AvgIpc) is 2.93. The van der Waals surface area contributed by atoms with E-state index in [2.05, 4.69) is 5.32 Å². The third-order valence-corrected chi connectivity index (χ3v) is 5.41. The first kappa shape index (κ1) is 19.2. The van der Waals surface area contributed by atoms with Gasteiger partial charge in [0.15, 0.2) is 11.6 Å². The van der Waals surface area contributed by atoms with Crippen molar-refractivity contribution in [3.8, 4) is 0 Å². The maximum atomic E-state index is 13.8. The molecule has 1 aromatic rings. The van der Waals surface area contributed by atoms with Crippen LogP contribution in [0.5, 0.6) is 0 Å². The van der Waals surface area contributed by atoms with Crippen LogP contribution in [0.4, 0.5) is 13.2 Å². The molecule has 1 atom stereocenters. The van der Waals surface area contributed by atoms with Gasteiger partial charge in [0.1, 0.15) is 10.7 Å². The van der Waals surface area contributed by atoms with Gasteiger partial charge in [-0.2, -0.15) is 4.31 Å². The molecule has 0 bridgehead atoms. The predicted octanol–water partition coefficient (Wildman–Crippen LogP) is 2.29. The van der Waals surface area contributed by atoms with Gasteiger partial charge >= 0.3 is 0 Å². The van der Waals surface area contributed by atoms with Crippen LogP contribution in [0.25, 0.3) is 0 Å². The summed E-state index contributed by atoms with van der Waals surface area (Å²) >= 11 is 0. The second kappa shape index (κ2) is 7.63. The van der Waals surface area contributed by atoms with Gasteiger partial charge in [0.2, 0.25) is 10.0 Å². The van der Waals surface area contributed by atoms with Crippen molar-refractivity contribution in [2.75, 3.05) is 19.6 Å². The van der Waals surface area contributed by atoms with E-state index in [1.54, 1.807) is 6.92 Å². The lowest BCUT2D eigenvalue weighted by atomic mass is 10.2. The second-order valence-corrected chi connectivity index (χ2v) is 6.82. The minimum atomic E-state index is -4.20. The van der Waals surface area contributed by atoms with Gasteiger partial charge in [-0.3, -0.25) is 0 Å². The Morgan fingerprint density at radius 1 is 1.23 bits per heavy atom. The number of benzene rings is 1. The zero-order chi connectivity index (χ0) is 15.6. The number of hydrogen-bond donors (Lipinski definition) is 1. The van der Waals surface area contributed by atoms with E-state index in [1.807, 2.05) is 0 Å². The van der Waals surface area contributed by atoms with Gasteiger partial charge in [0.05, 0.1) is 0 Å². The zero-order valence-corrected chi connectivity index (χ0v) is 13.6. The molecule has 9 heteroatoms. The van der Waals surface area contributed by atoms with Gasteiger partial charge in [0, 0.05) is 25.2 Å². The van der Waals surface area contributed by atoms with Crippen molar-refractivity contribution in [1.29, 1.82) is 0 Å². The quantitative estimate of drug-likeness (QED) is 0.822. The van der Waals surface area contributed by atoms with Crippen LogP contribution in [0, 0.1) is 17.5 Å². The smallest absolute Gasteiger partial charge is 0.246 e. The molecular formula is C13H18ClF3N2O2S. The van der Waals surface area contributed by atoms with Gasteiger partial charge in [0.25, 0.3) is 0 Å². The highest BCUT2D eigenvalue weighted by Crippen LogP contribution is 2.25. The van der Waals surface area contributed by atoms with Crippen molar-refractivity contribution in [2.45, 2.75) is 30.7 Å². The number of halogens is 4. The molecule has 1 heterocycles. The standard InChI is InChI=1S/C13H17F3N2O2S.ClH/c1-2-5-18(9-3-4-17-8-9)21(19,20)13-7-11(15)10(14)6-12(13)16;/h6-7,9,17H,2-5,8H2,1H3;1H. The Morgan fingerprint density at radius 2 is 1.86 bits per heavy atom. The molecule has 1 unspecified atom stereocenters. The SMILES string of the molecule is CCCN(C1CCNC1)S(=O)(=O)c1cc(F)c(F)cc1F.Cl. The van der Waals surface area contributed by atoms with E-state index in [1.165, 1.54) is 4.31 Å². The van der Waals surface area contributed by atoms with Crippen LogP contribution >= 0.6 is 12.4 Å². The molecule has 0 aromatic heterocycles. The molecule has 0 radical (unpaired) electrons. The normalized spacial score (nSPS) is 18.5. The van der Waals surface area contributed by atoms with Crippen molar-refractivity contribution in [3.63, 3.8) is 0 Å². The van der Waals surface area contributed by atoms with Crippen molar-refractivity contribution < 1.29 is 21.6 Å². The first-order valence-electron chi connectivity index (χ1n) is 6.75. The molecule has 1 aliphatic rings. The van der Waals surface area contributed by atoms with Gasteiger partial charge < -0.3 is 5.32 Å². The summed E-state index contributed by atoms with van der Waals surface area (Å²) in [5.41, 5.74) is 0. The first-order chi connectivity index (χ1) is 9.87. The van der Waals surface area contributed by atoms with E-state index < -0.39 is 32.4 Å². The van der Waals surface area contributed by atoms with E-state index >= 15 is 0 Å². The van der Waals surface area contributed by atoms with Gasteiger partial charge in [-0.25, -0.2) is 21.6 Å². The Hall–Kier alpha value is -0.830. The molecule has 126 valence electrons. The zero-order valence-electron chi connectivity index (χ0n) is 12.0. The average molecular weight is 359 g/mol. The number of sulfonamides is 1. The third kappa shape index (κ3) is 3.73. The monoisotopic (exact) mass is 358 g/mol. The maximum absolute atomic E-state index is 13.8. The highest BCUT2D eigenvalue weighted by molar-refractivity contribution is 7.89. The van der Waals surface area contributed by atoms with E-state index in [4.69, 9.17) is 0 Å². The molecule has 1 fully saturated rings. The van der Waals surface area contributed by atoms with Crippen molar-refractivity contribution in [2.24, 2.45) is 0 Å². The number of nitrogens with zero attached hydrogens (tertiary/aromatic N) is 1. The summed E-state index contributed by atoms with van der Waals surface area (Å²) in [4.78, 5) is -0.818. The van der Waals surface area contributed by atoms with E-state index in [0.29, 0.717) is 32.0 Å². The minimum absolute atomic E-state index is 0. The molecule has 0 amide bonds. The fourth-order valence-corrected chi connectivity index (χ4v) is 4.24. The summed E-state index contributed by atoms with van der Waals surface area (Å²) in [5, 5.41) is 3.04. The second-order valence-electron chi connectivity index (χ2n) is 4.96. The van der Waals surface area contributed by atoms with Crippen molar-refractivity contribution >= 4 is 22.4 Å². The fourth-order valence-electron chi connectivity index (χ4n) is 2.43. The summed E-state index contributed by atoms with van der Waals surface area (Å²) in [6.45, 7) is 3.13. The van der Waals surface area contributed by atoms with Crippen LogP contribution < -0.4 is 5.32 Å². The van der Waals surface area contributed by atoms with Crippen LogP contribution in [-0.2, 0) is 10.0 Å². The van der Waals surface area contributed by atoms with E-state index in [-0.39, 0.29) is 31.1 Å². The fraction of sp³-hybridized carbons (Fsp3) is 0.538. The van der Waals surface area contributed by atoms with E-state index in [9.17, 15) is 21.6 Å². The van der Waals surface area contributed by atoms with Crippen molar-refractivity contribution in [1.82, 2.24) is 9.62 Å². The van der Waals surface area contributed by atoms with Crippen LogP contribution in [0.15, 0.2) is 17.0 Å². The Balaban J connectivity index is 0.00000242. The molecule has 4 nitrogen and oxygen atoms in total. The topological polar surface area (TPSA) is 49.4 Å². The summed E-state index contributed by atoms with van der Waals surface area (Å²) in [5.74, 6) is -4.06. The summed E-state index contributed by atoms with van der Waals surface area (Å²) in [6, 6.07) is 0.368. The highest BCUT2D eigenvalue weighted by Gasteiger charge is 2.35. The first-order valence-corrected chi connectivity index (χ1v) is 8.19. The summed E-state index contributed by atoms with van der Waals surface area (Å²) in [7, 11) is -4.20. The van der Waals surface area contributed by atoms with Gasteiger partial charge in [-0.1, -0.05) is 6.92 Å². The third-order valence-electron chi connectivity index (χ3n) is 3.45. The number of hydrogen-bond acceptors (Lipinski definition) is 3. The summed E-state index contributed by atoms with van der Waals surface area (Å²) < 4.78 is 66.3. The number of rotatable bonds is 5. The Morgan fingerprint density at radius 3 is 2.41 bits per heavy atom. The highest BCUT2D eigenvalue weighted by atomic mass is 35.5. The Bertz CT molecular complexity index is 622. The molecule has 0 saturated carbocycles. The minimum Gasteiger partial charge on any atom is -0.315 e. The summed E-state index contributed by atoms with van der Waals surface area (Å²) in [6.07, 6.45) is 1.14. The van der Waals surface area contributed by atoms with Crippen LogP contribution in [0.1, 0.15) is 19.8 Å². The maximum Gasteiger partial charge on any atom is 0.246 e. The van der Waals surface area contributed by atoms with Gasteiger partial charge in [-0.05, 0) is 25.5 Å². The molecule has 0 aliphatic carbocycles. The molecule has 0 spiro atoms. The van der Waals surface area contributed by atoms with Crippen molar-refractivity contribution in [3.05, 3.63) is 29.6 Å². The van der Waals surface area contributed by atoms with E-state index in [0.717, 1.165) is 0 Å². The molecule has 1 N–H and O–H groups in total. The lowest BCUT2D eigenvalue weighted by Gasteiger charge is -2.27. The lowest BCUT2D eigenvalue weighted by Crippen LogP contribution is -2.42. The Kier molecular flexibility index (Phi) is 6.66. The lowest BCUT2D eigenvalue weighted by molar-refractivity contribution is 0.332. The van der Waals surface area contributed by atoms with Crippen LogP contribution in [0.3, 0.4) is 0 Å². The van der Waals surface area contributed by atoms with Crippen LogP contribution in [0.2, 0.25) is 0 Å². The number of nitrogens with one attached hydrogen (secondary N) is 1. The Labute approximate surface area is 134 Å². The van der Waals surface area contributed by atoms with Crippen LogP contribution in [-0.4, -0.2) is 38.4 Å². The molecular weight excluding hydrogens is 341 g/mol. The molecule has 1 aromatic carbocycles. The van der Waals surface area contributed by atoms with Gasteiger partial charge in [-0.15, -0.1) is 12.4 Å². The largest absolute Gasteiger partial charge is 0.315 e. The molecule has 22 heavy (non-hydrogen) atoms.